The monoisotopic (exact) mass is 400 g/mol. The number of H-pyrrole nitrogens is 1. The minimum absolute atomic E-state index is 0. The van der Waals surface area contributed by atoms with E-state index in [0.29, 0.717) is 0 Å². The van der Waals surface area contributed by atoms with Crippen LogP contribution in [0.25, 0.3) is 10.9 Å². The van der Waals surface area contributed by atoms with Gasteiger partial charge in [-0.2, -0.15) is 0 Å². The number of aromatic nitrogens is 1. The summed E-state index contributed by atoms with van der Waals surface area (Å²) in [5, 5.41) is 1.32. The minimum atomic E-state index is 0. The maximum atomic E-state index is 4.70. The second kappa shape index (κ2) is 7.68. The van der Waals surface area contributed by atoms with Crippen LogP contribution < -0.4 is 0 Å². The average molecular weight is 400 g/mol. The topological polar surface area (TPSA) is 34.6 Å². The van der Waals surface area contributed by atoms with Crippen LogP contribution in [0.3, 0.4) is 0 Å². The van der Waals surface area contributed by atoms with E-state index in [1.165, 1.54) is 22.2 Å². The highest BCUT2D eigenvalue weighted by Crippen LogP contribution is 2.22. The third-order valence-electron chi connectivity index (χ3n) is 3.44. The Morgan fingerprint density at radius 1 is 1.10 bits per heavy atom. The van der Waals surface area contributed by atoms with E-state index < -0.39 is 0 Å². The van der Waals surface area contributed by atoms with Gasteiger partial charge in [0.15, 0.2) is 5.96 Å². The number of nitrogens with zero attached hydrogens (tertiary/aromatic N) is 3. The van der Waals surface area contributed by atoms with Crippen LogP contribution in [-0.2, 0) is 6.42 Å². The standard InChI is InChI=1S/C16H24N4.HI/c1-12-13(14-8-6-7-9-15(14)18-12)10-11-17-16(19(2)3)20(4)5;/h6-9,18H,10-11H2,1-5H3;1H. The summed E-state index contributed by atoms with van der Waals surface area (Å²) < 4.78 is 0. The minimum Gasteiger partial charge on any atom is -0.358 e. The van der Waals surface area contributed by atoms with Gasteiger partial charge in [-0.1, -0.05) is 18.2 Å². The molecular formula is C16H25IN4. The zero-order valence-electron chi connectivity index (χ0n) is 13.5. The van der Waals surface area contributed by atoms with Crippen molar-refractivity contribution in [1.82, 2.24) is 14.8 Å². The van der Waals surface area contributed by atoms with Gasteiger partial charge in [0, 0.05) is 51.3 Å². The summed E-state index contributed by atoms with van der Waals surface area (Å²) in [4.78, 5) is 12.2. The Balaban J connectivity index is 0.00000220. The highest BCUT2D eigenvalue weighted by molar-refractivity contribution is 14.0. The maximum absolute atomic E-state index is 4.70. The lowest BCUT2D eigenvalue weighted by molar-refractivity contribution is 0.479. The summed E-state index contributed by atoms with van der Waals surface area (Å²) in [5.74, 6) is 1.00. The van der Waals surface area contributed by atoms with Gasteiger partial charge in [-0.05, 0) is 25.0 Å². The van der Waals surface area contributed by atoms with Crippen molar-refractivity contribution in [3.05, 3.63) is 35.5 Å². The summed E-state index contributed by atoms with van der Waals surface area (Å²) in [6.45, 7) is 2.94. The van der Waals surface area contributed by atoms with Crippen molar-refractivity contribution in [1.29, 1.82) is 0 Å². The van der Waals surface area contributed by atoms with Crippen LogP contribution >= 0.6 is 24.0 Å². The molecule has 1 aromatic heterocycles. The molecule has 0 aliphatic rings. The summed E-state index contributed by atoms with van der Waals surface area (Å²) >= 11 is 0. The first-order valence-corrected chi connectivity index (χ1v) is 6.96. The highest BCUT2D eigenvalue weighted by atomic mass is 127. The predicted molar refractivity (Wildman–Crippen MR) is 102 cm³/mol. The molecule has 0 saturated heterocycles. The normalized spacial score (nSPS) is 10.1. The van der Waals surface area contributed by atoms with E-state index in [-0.39, 0.29) is 24.0 Å². The summed E-state index contributed by atoms with van der Waals surface area (Å²) in [6.07, 6.45) is 0.959. The largest absolute Gasteiger partial charge is 0.358 e. The molecule has 4 nitrogen and oxygen atoms in total. The van der Waals surface area contributed by atoms with Gasteiger partial charge in [-0.25, -0.2) is 0 Å². The molecule has 2 aromatic rings. The van der Waals surface area contributed by atoms with Crippen molar-refractivity contribution in [2.45, 2.75) is 13.3 Å². The number of aryl methyl sites for hydroxylation is 1. The van der Waals surface area contributed by atoms with Crippen molar-refractivity contribution in [3.8, 4) is 0 Å². The van der Waals surface area contributed by atoms with Gasteiger partial charge in [-0.15, -0.1) is 24.0 Å². The Kier molecular flexibility index (Phi) is 6.51. The molecule has 2 rings (SSSR count). The van der Waals surface area contributed by atoms with Gasteiger partial charge in [0.1, 0.15) is 0 Å². The first kappa shape index (κ1) is 17.8. The lowest BCUT2D eigenvalue weighted by Gasteiger charge is -2.22. The Hall–Kier alpha value is -1.24. The summed E-state index contributed by atoms with van der Waals surface area (Å²) in [5.41, 5.74) is 3.84. The van der Waals surface area contributed by atoms with Gasteiger partial charge >= 0.3 is 0 Å². The molecule has 116 valence electrons. The molecule has 0 bridgehead atoms. The average Bonchev–Trinajstić information content (AvgIpc) is 2.69. The van der Waals surface area contributed by atoms with Gasteiger partial charge in [0.25, 0.3) is 0 Å². The van der Waals surface area contributed by atoms with Crippen LogP contribution in [0.2, 0.25) is 0 Å². The molecule has 0 amide bonds. The van der Waals surface area contributed by atoms with Crippen LogP contribution in [0.4, 0.5) is 0 Å². The van der Waals surface area contributed by atoms with E-state index in [4.69, 9.17) is 4.99 Å². The fourth-order valence-electron chi connectivity index (χ4n) is 2.61. The number of hydrogen-bond acceptors (Lipinski definition) is 1. The lowest BCUT2D eigenvalue weighted by Crippen LogP contribution is -2.35. The zero-order valence-corrected chi connectivity index (χ0v) is 15.8. The van der Waals surface area contributed by atoms with Gasteiger partial charge in [0.05, 0.1) is 0 Å². The first-order valence-electron chi connectivity index (χ1n) is 6.96. The number of para-hydroxylation sites is 1. The van der Waals surface area contributed by atoms with Crippen molar-refractivity contribution in [2.75, 3.05) is 34.7 Å². The SMILES string of the molecule is Cc1[nH]c2ccccc2c1CCN=C(N(C)C)N(C)C.I. The number of fused-ring (bicyclic) bond motifs is 1. The third kappa shape index (κ3) is 4.12. The molecule has 0 aliphatic carbocycles. The number of hydrogen-bond donors (Lipinski definition) is 1. The molecule has 0 radical (unpaired) electrons. The predicted octanol–water partition coefficient (Wildman–Crippen LogP) is 3.12. The number of guanidine groups is 1. The summed E-state index contributed by atoms with van der Waals surface area (Å²) in [6, 6.07) is 8.46. The molecule has 0 aliphatic heterocycles. The second-order valence-electron chi connectivity index (χ2n) is 5.49. The molecule has 0 unspecified atom stereocenters. The maximum Gasteiger partial charge on any atom is 0.195 e. The van der Waals surface area contributed by atoms with Gasteiger partial charge in [-0.3, -0.25) is 4.99 Å². The summed E-state index contributed by atoms with van der Waals surface area (Å²) in [7, 11) is 8.09. The quantitative estimate of drug-likeness (QED) is 0.488. The van der Waals surface area contributed by atoms with Crippen LogP contribution in [0.15, 0.2) is 29.3 Å². The molecule has 0 fully saturated rings. The van der Waals surface area contributed by atoms with E-state index in [1.807, 2.05) is 38.0 Å². The molecule has 1 heterocycles. The molecule has 0 saturated carbocycles. The van der Waals surface area contributed by atoms with Crippen molar-refractivity contribution >= 4 is 40.8 Å². The Bertz CT molecular complexity index is 604. The Morgan fingerprint density at radius 2 is 1.71 bits per heavy atom. The van der Waals surface area contributed by atoms with E-state index >= 15 is 0 Å². The molecule has 0 atom stereocenters. The molecule has 1 aromatic carbocycles. The van der Waals surface area contributed by atoms with E-state index in [9.17, 15) is 0 Å². The molecule has 0 spiro atoms. The number of nitrogens with one attached hydrogen (secondary N) is 1. The molecule has 21 heavy (non-hydrogen) atoms. The molecule has 1 N–H and O–H groups in total. The van der Waals surface area contributed by atoms with Crippen molar-refractivity contribution in [2.24, 2.45) is 4.99 Å². The number of aliphatic imine (C=N–C) groups is 1. The second-order valence-corrected chi connectivity index (χ2v) is 5.49. The van der Waals surface area contributed by atoms with Gasteiger partial charge in [0.2, 0.25) is 0 Å². The van der Waals surface area contributed by atoms with Crippen LogP contribution in [-0.4, -0.2) is 55.5 Å². The van der Waals surface area contributed by atoms with E-state index in [0.717, 1.165) is 18.9 Å². The Labute approximate surface area is 144 Å². The van der Waals surface area contributed by atoms with E-state index in [1.54, 1.807) is 0 Å². The third-order valence-corrected chi connectivity index (χ3v) is 3.44. The Morgan fingerprint density at radius 3 is 2.33 bits per heavy atom. The van der Waals surface area contributed by atoms with E-state index in [2.05, 4.69) is 36.2 Å². The van der Waals surface area contributed by atoms with Crippen molar-refractivity contribution in [3.63, 3.8) is 0 Å². The number of rotatable bonds is 3. The number of aromatic amines is 1. The number of benzene rings is 1. The van der Waals surface area contributed by atoms with Crippen LogP contribution in [0, 0.1) is 6.92 Å². The zero-order chi connectivity index (χ0) is 14.7. The van der Waals surface area contributed by atoms with Crippen LogP contribution in [0.5, 0.6) is 0 Å². The molecular weight excluding hydrogens is 375 g/mol. The lowest BCUT2D eigenvalue weighted by atomic mass is 10.1. The fraction of sp³-hybridized carbons (Fsp3) is 0.438. The number of halogens is 1. The first-order chi connectivity index (χ1) is 9.50. The molecule has 5 heteroatoms. The highest BCUT2D eigenvalue weighted by Gasteiger charge is 2.08. The van der Waals surface area contributed by atoms with Crippen molar-refractivity contribution < 1.29 is 0 Å². The fourth-order valence-corrected chi connectivity index (χ4v) is 2.61. The smallest absolute Gasteiger partial charge is 0.195 e. The van der Waals surface area contributed by atoms with Crippen LogP contribution in [0.1, 0.15) is 11.3 Å². The van der Waals surface area contributed by atoms with Gasteiger partial charge < -0.3 is 14.8 Å².